The summed E-state index contributed by atoms with van der Waals surface area (Å²) < 4.78 is 51.5. The predicted molar refractivity (Wildman–Crippen MR) is 145 cm³/mol. The number of hydrogen-bond acceptors (Lipinski definition) is 7. The number of benzene rings is 2. The van der Waals surface area contributed by atoms with Crippen molar-refractivity contribution >= 4 is 29.5 Å². The molecule has 12 heteroatoms. The lowest BCUT2D eigenvalue weighted by Crippen LogP contribution is -2.46. The zero-order valence-corrected chi connectivity index (χ0v) is 23.4. The van der Waals surface area contributed by atoms with Crippen molar-refractivity contribution in [1.29, 1.82) is 0 Å². The van der Waals surface area contributed by atoms with Crippen molar-refractivity contribution in [3.05, 3.63) is 65.0 Å². The number of nitrogens with one attached hydrogen (secondary N) is 1. The van der Waals surface area contributed by atoms with Gasteiger partial charge in [0.25, 0.3) is 5.91 Å². The molecule has 1 heterocycles. The maximum atomic E-state index is 14.0. The number of halogens is 3. The Kier molecular flexibility index (Phi) is 11.3. The Morgan fingerprint density at radius 1 is 1.10 bits per heavy atom. The van der Waals surface area contributed by atoms with E-state index in [9.17, 15) is 27.6 Å². The van der Waals surface area contributed by atoms with Crippen molar-refractivity contribution < 1.29 is 37.0 Å². The second kappa shape index (κ2) is 14.4. The van der Waals surface area contributed by atoms with Crippen molar-refractivity contribution in [2.45, 2.75) is 57.7 Å². The molecule has 0 spiro atoms. The molecule has 40 heavy (non-hydrogen) atoms. The van der Waals surface area contributed by atoms with Gasteiger partial charge < -0.3 is 25.4 Å². The number of carbonyl (C=O) groups is 3. The molecule has 218 valence electrons. The number of ether oxygens (including phenoxy) is 2. The van der Waals surface area contributed by atoms with Crippen LogP contribution in [0, 0.1) is 23.4 Å². The molecule has 8 nitrogen and oxygen atoms in total. The lowest BCUT2D eigenvalue weighted by atomic mass is 10.0. The normalized spacial score (nSPS) is 16.5. The van der Waals surface area contributed by atoms with E-state index in [-0.39, 0.29) is 49.3 Å². The lowest BCUT2D eigenvalue weighted by molar-refractivity contribution is -0.153. The number of thioether (sulfide) groups is 1. The molecule has 2 aromatic rings. The van der Waals surface area contributed by atoms with Gasteiger partial charge in [-0.2, -0.15) is 0 Å². The Balaban J connectivity index is 1.52. The maximum Gasteiger partial charge on any atom is 0.347 e. The predicted octanol–water partition coefficient (Wildman–Crippen LogP) is 3.55. The van der Waals surface area contributed by atoms with Crippen LogP contribution >= 0.6 is 11.8 Å². The number of amides is 2. The molecule has 1 aliphatic heterocycles. The van der Waals surface area contributed by atoms with E-state index in [0.717, 1.165) is 11.6 Å². The number of hydrogen-bond donors (Lipinski definition) is 2. The highest BCUT2D eigenvalue weighted by molar-refractivity contribution is 8.00. The van der Waals surface area contributed by atoms with E-state index in [1.165, 1.54) is 16.7 Å². The van der Waals surface area contributed by atoms with Crippen molar-refractivity contribution in [1.82, 2.24) is 10.2 Å². The molecule has 2 aromatic carbocycles. The van der Waals surface area contributed by atoms with Crippen molar-refractivity contribution in [3.8, 4) is 5.75 Å². The molecule has 1 saturated heterocycles. The fourth-order valence-corrected chi connectivity index (χ4v) is 5.31. The summed E-state index contributed by atoms with van der Waals surface area (Å²) in [4.78, 5) is 39.3. The number of esters is 1. The van der Waals surface area contributed by atoms with E-state index < -0.39 is 40.9 Å². The zero-order chi connectivity index (χ0) is 29.4. The molecule has 0 radical (unpaired) electrons. The fourth-order valence-electron chi connectivity index (χ4n) is 4.15. The van der Waals surface area contributed by atoms with Crippen LogP contribution in [0.3, 0.4) is 0 Å². The topological polar surface area (TPSA) is 111 Å². The SMILES string of the molecule is CCOC(=O)[C@@H](Oc1ccc(CNC(=O)[C@@H]2SCCN2C(=O)C[C@H](N)Cc2cc(F)c(F)cc2F)cc1)C(C)C. The van der Waals surface area contributed by atoms with Gasteiger partial charge in [-0.25, -0.2) is 18.0 Å². The highest BCUT2D eigenvalue weighted by Gasteiger charge is 2.35. The molecular formula is C28H34F3N3O5S. The fraction of sp³-hybridized carbons (Fsp3) is 0.464. The number of nitrogens with zero attached hydrogens (tertiary/aromatic N) is 1. The Morgan fingerprint density at radius 2 is 1.77 bits per heavy atom. The zero-order valence-electron chi connectivity index (χ0n) is 22.6. The van der Waals surface area contributed by atoms with Crippen LogP contribution in [0.25, 0.3) is 0 Å². The average molecular weight is 582 g/mol. The van der Waals surface area contributed by atoms with Crippen LogP contribution in [0.5, 0.6) is 5.75 Å². The minimum atomic E-state index is -1.30. The van der Waals surface area contributed by atoms with Crippen LogP contribution in [0.4, 0.5) is 13.2 Å². The van der Waals surface area contributed by atoms with Crippen molar-refractivity contribution in [2.75, 3.05) is 18.9 Å². The summed E-state index contributed by atoms with van der Waals surface area (Å²) in [6.45, 7) is 6.27. The summed E-state index contributed by atoms with van der Waals surface area (Å²) >= 11 is 1.31. The molecule has 1 fully saturated rings. The molecule has 3 atom stereocenters. The second-order valence-corrected chi connectivity index (χ2v) is 10.9. The summed E-state index contributed by atoms with van der Waals surface area (Å²) in [5.74, 6) is -3.64. The van der Waals surface area contributed by atoms with Crippen molar-refractivity contribution in [3.63, 3.8) is 0 Å². The quantitative estimate of drug-likeness (QED) is 0.291. The van der Waals surface area contributed by atoms with Gasteiger partial charge in [-0.05, 0) is 42.7 Å². The van der Waals surface area contributed by atoms with E-state index in [1.807, 2.05) is 13.8 Å². The third kappa shape index (κ3) is 8.37. The molecule has 0 aliphatic carbocycles. The van der Waals surface area contributed by atoms with Crippen LogP contribution in [0.15, 0.2) is 36.4 Å². The first-order valence-corrected chi connectivity index (χ1v) is 14.0. The van der Waals surface area contributed by atoms with Gasteiger partial charge in [-0.3, -0.25) is 9.59 Å². The number of carbonyl (C=O) groups excluding carboxylic acids is 3. The largest absolute Gasteiger partial charge is 0.478 e. The highest BCUT2D eigenvalue weighted by Crippen LogP contribution is 2.26. The van der Waals surface area contributed by atoms with E-state index in [0.29, 0.717) is 24.1 Å². The van der Waals surface area contributed by atoms with Crippen LogP contribution in [-0.2, 0) is 32.1 Å². The van der Waals surface area contributed by atoms with Gasteiger partial charge >= 0.3 is 5.97 Å². The molecule has 0 aromatic heterocycles. The lowest BCUT2D eigenvalue weighted by Gasteiger charge is -2.24. The molecule has 2 amide bonds. The minimum Gasteiger partial charge on any atom is -0.478 e. The van der Waals surface area contributed by atoms with Gasteiger partial charge in [-0.1, -0.05) is 26.0 Å². The summed E-state index contributed by atoms with van der Waals surface area (Å²) in [6, 6.07) is 7.27. The summed E-state index contributed by atoms with van der Waals surface area (Å²) in [6.07, 6.45) is -1.09. The van der Waals surface area contributed by atoms with Crippen LogP contribution in [0.2, 0.25) is 0 Å². The molecule has 3 N–H and O–H groups in total. The Labute approximate surface area is 235 Å². The summed E-state index contributed by atoms with van der Waals surface area (Å²) in [5.41, 5.74) is 6.67. The second-order valence-electron chi connectivity index (χ2n) is 9.73. The Bertz CT molecular complexity index is 1200. The molecule has 3 rings (SSSR count). The maximum absolute atomic E-state index is 14.0. The molecule has 0 saturated carbocycles. The van der Waals surface area contributed by atoms with Gasteiger partial charge in [0.2, 0.25) is 5.91 Å². The Hall–Kier alpha value is -3.25. The summed E-state index contributed by atoms with van der Waals surface area (Å²) in [5, 5.41) is 2.07. The van der Waals surface area contributed by atoms with Crippen LogP contribution in [-0.4, -0.2) is 59.1 Å². The van der Waals surface area contributed by atoms with E-state index in [1.54, 1.807) is 31.2 Å². The third-order valence-electron chi connectivity index (χ3n) is 6.22. The Morgan fingerprint density at radius 3 is 2.42 bits per heavy atom. The minimum absolute atomic E-state index is 0.0887. The molecule has 1 aliphatic rings. The van der Waals surface area contributed by atoms with Gasteiger partial charge in [0.1, 0.15) is 11.6 Å². The van der Waals surface area contributed by atoms with Gasteiger partial charge in [0.05, 0.1) is 6.61 Å². The van der Waals surface area contributed by atoms with Crippen molar-refractivity contribution in [2.24, 2.45) is 11.7 Å². The first-order chi connectivity index (χ1) is 19.0. The molecule has 0 bridgehead atoms. The van der Waals surface area contributed by atoms with E-state index in [4.69, 9.17) is 15.2 Å². The van der Waals surface area contributed by atoms with E-state index in [2.05, 4.69) is 5.32 Å². The molecule has 0 unspecified atom stereocenters. The number of nitrogens with two attached hydrogens (primary N) is 1. The highest BCUT2D eigenvalue weighted by atomic mass is 32.2. The first kappa shape index (κ1) is 31.3. The van der Waals surface area contributed by atoms with Crippen LogP contribution in [0.1, 0.15) is 38.3 Å². The standard InChI is InChI=1S/C28H34F3N3O5S/c1-4-38-28(37)25(16(2)3)39-20-7-5-17(6-8-20)15-33-26(36)27-34(9-10-40-27)24(35)13-19(32)11-18-12-22(30)23(31)14-21(18)29/h5-8,12,14,16,19,25,27H,4,9-11,13,15,32H2,1-3H3,(H,33,36)/t19-,25+,27+/m1/s1. The van der Waals surface area contributed by atoms with E-state index >= 15 is 0 Å². The molecular weight excluding hydrogens is 547 g/mol. The summed E-state index contributed by atoms with van der Waals surface area (Å²) in [7, 11) is 0. The smallest absolute Gasteiger partial charge is 0.347 e. The average Bonchev–Trinajstić information content (AvgIpc) is 3.40. The van der Waals surface area contributed by atoms with Gasteiger partial charge in [0.15, 0.2) is 23.1 Å². The van der Waals surface area contributed by atoms with Gasteiger partial charge in [-0.15, -0.1) is 11.8 Å². The first-order valence-electron chi connectivity index (χ1n) is 13.0. The van der Waals surface area contributed by atoms with Crippen LogP contribution < -0.4 is 15.8 Å². The third-order valence-corrected chi connectivity index (χ3v) is 7.42. The van der Waals surface area contributed by atoms with Gasteiger partial charge in [0, 0.05) is 43.3 Å². The number of rotatable bonds is 12. The monoisotopic (exact) mass is 581 g/mol.